The summed E-state index contributed by atoms with van der Waals surface area (Å²) in [7, 11) is 0. The van der Waals surface area contributed by atoms with Crippen molar-refractivity contribution in [1.29, 1.82) is 0 Å². The van der Waals surface area contributed by atoms with E-state index in [4.69, 9.17) is 0 Å². The van der Waals surface area contributed by atoms with Crippen molar-refractivity contribution in [2.45, 2.75) is 82.8 Å². The maximum Gasteiger partial charge on any atom is 0.334 e. The number of barbiturate groups is 1. The van der Waals surface area contributed by atoms with E-state index in [1.165, 1.54) is 15.4 Å². The van der Waals surface area contributed by atoms with E-state index in [1.807, 2.05) is 42.6 Å². The van der Waals surface area contributed by atoms with E-state index >= 15 is 0 Å². The lowest BCUT2D eigenvalue weighted by Crippen LogP contribution is -2.62. The molecule has 38 heavy (non-hydrogen) atoms. The van der Waals surface area contributed by atoms with E-state index < -0.39 is 17.8 Å². The minimum atomic E-state index is -0.432. The average molecular weight is 510 g/mol. The van der Waals surface area contributed by atoms with Crippen molar-refractivity contribution >= 4 is 34.8 Å². The first-order chi connectivity index (χ1) is 18.6. The second-order valence-corrected chi connectivity index (χ2v) is 11.0. The Bertz CT molecular complexity index is 1340. The first-order valence-electron chi connectivity index (χ1n) is 14.2. The highest BCUT2D eigenvalue weighted by molar-refractivity contribution is 6.31. The summed E-state index contributed by atoms with van der Waals surface area (Å²) in [4.78, 5) is 44.4. The fraction of sp³-hybridized carbons (Fsp3) is 0.406. The molecule has 3 aliphatic rings. The molecule has 1 aromatic heterocycles. The van der Waals surface area contributed by atoms with Crippen LogP contribution in [-0.2, 0) is 16.1 Å². The lowest BCUT2D eigenvalue weighted by molar-refractivity contribution is -0.139. The van der Waals surface area contributed by atoms with Gasteiger partial charge in [-0.05, 0) is 43.4 Å². The summed E-state index contributed by atoms with van der Waals surface area (Å²) in [5, 5.41) is 0.988. The molecule has 0 atom stereocenters. The molecule has 196 valence electrons. The second kappa shape index (κ2) is 10.6. The summed E-state index contributed by atoms with van der Waals surface area (Å²) < 4.78 is 2.16. The standard InChI is InChI=1S/C32H35N3O3/c36-30-28(20-24-22-33(21-23-12-4-1-5-13-23)29-19-11-10-18-27(24)29)31(37)35(26-16-8-3-9-17-26)32(38)34(30)25-14-6-2-7-15-25/h1,4-5,10-13,18-20,22,25-26H,2-3,6-9,14-17,21H2. The van der Waals surface area contributed by atoms with Gasteiger partial charge in [0.2, 0.25) is 0 Å². The highest BCUT2D eigenvalue weighted by Crippen LogP contribution is 2.34. The molecule has 0 spiro atoms. The van der Waals surface area contributed by atoms with E-state index in [0.717, 1.165) is 80.7 Å². The Morgan fingerprint density at radius 2 is 1.24 bits per heavy atom. The molecule has 3 aromatic rings. The van der Waals surface area contributed by atoms with Gasteiger partial charge in [0.05, 0.1) is 0 Å². The molecular formula is C32H35N3O3. The molecule has 6 heteroatoms. The maximum absolute atomic E-state index is 13.9. The van der Waals surface area contributed by atoms with Crippen molar-refractivity contribution in [3.05, 3.63) is 77.5 Å². The summed E-state index contributed by atoms with van der Waals surface area (Å²) in [5.74, 6) is -0.863. The number of hydrogen-bond donors (Lipinski definition) is 0. The van der Waals surface area contributed by atoms with Gasteiger partial charge in [-0.2, -0.15) is 0 Å². The number of nitrogens with zero attached hydrogens (tertiary/aromatic N) is 3. The highest BCUT2D eigenvalue weighted by atomic mass is 16.2. The summed E-state index contributed by atoms with van der Waals surface area (Å²) in [5.41, 5.74) is 3.16. The third kappa shape index (κ3) is 4.57. The Morgan fingerprint density at radius 1 is 0.684 bits per heavy atom. The Balaban J connectivity index is 1.42. The molecule has 2 heterocycles. The summed E-state index contributed by atoms with van der Waals surface area (Å²) in [6.07, 6.45) is 13.3. The van der Waals surface area contributed by atoms with E-state index in [9.17, 15) is 14.4 Å². The van der Waals surface area contributed by atoms with Crippen molar-refractivity contribution in [3.8, 4) is 0 Å². The topological polar surface area (TPSA) is 62.6 Å². The zero-order chi connectivity index (χ0) is 26.1. The molecule has 2 aromatic carbocycles. The zero-order valence-corrected chi connectivity index (χ0v) is 21.9. The molecule has 1 aliphatic heterocycles. The lowest BCUT2D eigenvalue weighted by Gasteiger charge is -2.43. The van der Waals surface area contributed by atoms with E-state index in [1.54, 1.807) is 6.08 Å². The van der Waals surface area contributed by atoms with Crippen molar-refractivity contribution in [2.24, 2.45) is 0 Å². The van der Waals surface area contributed by atoms with Crippen molar-refractivity contribution in [3.63, 3.8) is 0 Å². The third-order valence-electron chi connectivity index (χ3n) is 8.51. The number of hydrogen-bond acceptors (Lipinski definition) is 3. The van der Waals surface area contributed by atoms with Gasteiger partial charge in [-0.1, -0.05) is 87.1 Å². The first-order valence-corrected chi connectivity index (χ1v) is 14.2. The molecule has 6 nitrogen and oxygen atoms in total. The van der Waals surface area contributed by atoms with E-state index in [0.29, 0.717) is 6.54 Å². The molecule has 1 saturated heterocycles. The monoisotopic (exact) mass is 509 g/mol. The molecule has 4 amide bonds. The molecule has 6 rings (SSSR count). The Labute approximate surface area is 223 Å². The largest absolute Gasteiger partial charge is 0.342 e. The molecule has 0 bridgehead atoms. The van der Waals surface area contributed by atoms with Crippen LogP contribution in [0.5, 0.6) is 0 Å². The lowest BCUT2D eigenvalue weighted by atomic mass is 9.90. The molecule has 0 unspecified atom stereocenters. The first kappa shape index (κ1) is 24.7. The minimum Gasteiger partial charge on any atom is -0.342 e. The summed E-state index contributed by atoms with van der Waals surface area (Å²) in [6, 6.07) is 17.7. The third-order valence-corrected chi connectivity index (χ3v) is 8.51. The highest BCUT2D eigenvalue weighted by Gasteiger charge is 2.47. The van der Waals surface area contributed by atoms with Gasteiger partial charge < -0.3 is 4.57 Å². The van der Waals surface area contributed by atoms with Gasteiger partial charge in [0.15, 0.2) is 0 Å². The van der Waals surface area contributed by atoms with Crippen LogP contribution in [0, 0.1) is 0 Å². The second-order valence-electron chi connectivity index (χ2n) is 11.0. The molecule has 0 N–H and O–H groups in total. The van der Waals surface area contributed by atoms with Crippen LogP contribution in [0.1, 0.15) is 75.3 Å². The Morgan fingerprint density at radius 3 is 1.84 bits per heavy atom. The van der Waals surface area contributed by atoms with Crippen LogP contribution in [0.2, 0.25) is 0 Å². The number of carbonyl (C=O) groups is 3. The van der Waals surface area contributed by atoms with Gasteiger partial charge in [0.25, 0.3) is 11.8 Å². The fourth-order valence-corrected chi connectivity index (χ4v) is 6.54. The normalized spacial score (nSPS) is 20.0. The van der Waals surface area contributed by atoms with Crippen molar-refractivity contribution < 1.29 is 14.4 Å². The van der Waals surface area contributed by atoms with E-state index in [-0.39, 0.29) is 17.7 Å². The Kier molecular flexibility index (Phi) is 6.88. The van der Waals surface area contributed by atoms with Gasteiger partial charge in [-0.15, -0.1) is 0 Å². The number of rotatable bonds is 5. The minimum absolute atomic E-state index is 0.114. The number of imide groups is 2. The molecule has 2 aliphatic carbocycles. The summed E-state index contributed by atoms with van der Waals surface area (Å²) >= 11 is 0. The van der Waals surface area contributed by atoms with Crippen LogP contribution < -0.4 is 0 Å². The number of benzene rings is 2. The summed E-state index contributed by atoms with van der Waals surface area (Å²) in [6.45, 7) is 0.688. The molecule has 2 saturated carbocycles. The van der Waals surface area contributed by atoms with Crippen LogP contribution in [0.15, 0.2) is 66.4 Å². The number of amides is 4. The molecule has 3 fully saturated rings. The number of fused-ring (bicyclic) bond motifs is 1. The van der Waals surface area contributed by atoms with Crippen molar-refractivity contribution in [1.82, 2.24) is 14.4 Å². The number of carbonyl (C=O) groups excluding carboxylic acids is 3. The van der Waals surface area contributed by atoms with Gasteiger partial charge in [0, 0.05) is 41.3 Å². The quantitative estimate of drug-likeness (QED) is 0.290. The number of para-hydroxylation sites is 1. The Hall–Kier alpha value is -3.67. The van der Waals surface area contributed by atoms with E-state index in [2.05, 4.69) is 22.8 Å². The number of urea groups is 1. The fourth-order valence-electron chi connectivity index (χ4n) is 6.54. The molecule has 0 radical (unpaired) electrons. The van der Waals surface area contributed by atoms with Crippen molar-refractivity contribution in [2.75, 3.05) is 0 Å². The van der Waals surface area contributed by atoms with Crippen LogP contribution in [0.25, 0.3) is 17.0 Å². The van der Waals surface area contributed by atoms with Crippen LogP contribution in [0.3, 0.4) is 0 Å². The van der Waals surface area contributed by atoms with Crippen LogP contribution >= 0.6 is 0 Å². The maximum atomic E-state index is 13.9. The van der Waals surface area contributed by atoms with Crippen LogP contribution in [0.4, 0.5) is 4.79 Å². The predicted octanol–water partition coefficient (Wildman–Crippen LogP) is 6.53. The SMILES string of the molecule is O=C1C(=Cc2cn(Cc3ccccc3)c3ccccc23)C(=O)N(C2CCCCC2)C(=O)N1C1CCCCC1. The van der Waals surface area contributed by atoms with Gasteiger partial charge in [0.1, 0.15) is 5.57 Å². The smallest absolute Gasteiger partial charge is 0.334 e. The zero-order valence-electron chi connectivity index (χ0n) is 21.9. The molecular weight excluding hydrogens is 474 g/mol. The van der Waals surface area contributed by atoms with Gasteiger partial charge >= 0.3 is 6.03 Å². The predicted molar refractivity (Wildman–Crippen MR) is 148 cm³/mol. The van der Waals surface area contributed by atoms with Gasteiger partial charge in [-0.25, -0.2) is 4.79 Å². The number of aromatic nitrogens is 1. The van der Waals surface area contributed by atoms with Crippen LogP contribution in [-0.4, -0.2) is 44.3 Å². The average Bonchev–Trinajstić information content (AvgIpc) is 3.30. The van der Waals surface area contributed by atoms with Gasteiger partial charge in [-0.3, -0.25) is 19.4 Å².